The number of hydrogen-bond acceptors (Lipinski definition) is 7. The second kappa shape index (κ2) is 8.46. The predicted octanol–water partition coefficient (Wildman–Crippen LogP) is 2.43. The molecule has 2 rings (SSSR count). The molecule has 0 radical (unpaired) electrons. The number of hydrogen-bond donors (Lipinski definition) is 3. The molecule has 0 spiro atoms. The highest BCUT2D eigenvalue weighted by Gasteiger charge is 2.50. The van der Waals surface area contributed by atoms with Crippen LogP contribution >= 0.6 is 8.25 Å². The van der Waals surface area contributed by atoms with Gasteiger partial charge in [0.1, 0.15) is 12.1 Å². The van der Waals surface area contributed by atoms with Crippen LogP contribution in [0.1, 0.15) is 27.2 Å². The lowest BCUT2D eigenvalue weighted by Gasteiger charge is -2.41. The number of aliphatic hydroxyl groups excluding tert-OH is 1. The summed E-state index contributed by atoms with van der Waals surface area (Å²) in [7, 11) is -5.33. The molecule has 1 fully saturated rings. The Morgan fingerprint density at radius 3 is 2.58 bits per heavy atom. The van der Waals surface area contributed by atoms with E-state index < -0.39 is 28.8 Å². The van der Waals surface area contributed by atoms with Gasteiger partial charge in [0, 0.05) is 18.7 Å². The number of anilines is 1. The molecule has 1 aromatic heterocycles. The second-order valence-electron chi connectivity index (χ2n) is 8.21. The third kappa shape index (κ3) is 5.12. The molecule has 8 nitrogen and oxygen atoms in total. The van der Waals surface area contributed by atoms with Crippen molar-refractivity contribution in [1.82, 2.24) is 9.97 Å². The van der Waals surface area contributed by atoms with Gasteiger partial charge in [-0.05, 0) is 30.6 Å². The largest absolute Gasteiger partial charge is 0.409 e. The molecular formula is C16H30N3O5PSi. The third-order valence-corrected chi connectivity index (χ3v) is 10.3. The smallest absolute Gasteiger partial charge is 0.316 e. The van der Waals surface area contributed by atoms with Crippen LogP contribution in [0, 0.1) is 5.92 Å². The van der Waals surface area contributed by atoms with E-state index in [0.717, 1.165) is 0 Å². The molecule has 0 aromatic carbocycles. The van der Waals surface area contributed by atoms with Crippen molar-refractivity contribution in [3.63, 3.8) is 0 Å². The molecule has 1 aliphatic rings. The van der Waals surface area contributed by atoms with Gasteiger partial charge >= 0.3 is 8.25 Å². The molecule has 3 N–H and O–H groups in total. The number of nitrogens with one attached hydrogen (secondary N) is 1. The van der Waals surface area contributed by atoms with Gasteiger partial charge in [-0.15, -0.1) is 0 Å². The zero-order valence-electron chi connectivity index (χ0n) is 16.0. The lowest BCUT2D eigenvalue weighted by atomic mass is 10.1. The van der Waals surface area contributed by atoms with Gasteiger partial charge in [0.2, 0.25) is 0 Å². The molecule has 1 aliphatic carbocycles. The highest BCUT2D eigenvalue weighted by Crippen LogP contribution is 2.43. The quantitative estimate of drug-likeness (QED) is 0.470. The minimum atomic E-state index is -3.16. The van der Waals surface area contributed by atoms with Gasteiger partial charge in [-0.2, -0.15) is 0 Å². The predicted molar refractivity (Wildman–Crippen MR) is 103 cm³/mol. The van der Waals surface area contributed by atoms with E-state index in [4.69, 9.17) is 8.95 Å². The molecule has 0 bridgehead atoms. The van der Waals surface area contributed by atoms with E-state index in [0.29, 0.717) is 12.2 Å². The molecule has 26 heavy (non-hydrogen) atoms. The fourth-order valence-corrected chi connectivity index (χ4v) is 4.81. The summed E-state index contributed by atoms with van der Waals surface area (Å²) in [5.74, 6) is 0.355. The summed E-state index contributed by atoms with van der Waals surface area (Å²) in [6.45, 7) is 10.5. The van der Waals surface area contributed by atoms with Crippen LogP contribution in [-0.2, 0) is 13.5 Å². The van der Waals surface area contributed by atoms with Crippen LogP contribution in [0.2, 0.25) is 18.1 Å². The van der Waals surface area contributed by atoms with Crippen molar-refractivity contribution in [2.75, 3.05) is 11.9 Å². The highest BCUT2D eigenvalue weighted by atomic mass is 31.1. The summed E-state index contributed by atoms with van der Waals surface area (Å²) >= 11 is 0. The molecule has 148 valence electrons. The summed E-state index contributed by atoms with van der Waals surface area (Å²) in [5, 5.41) is 13.0. The zero-order chi connectivity index (χ0) is 19.5. The fourth-order valence-electron chi connectivity index (χ4n) is 2.92. The van der Waals surface area contributed by atoms with Crippen molar-refractivity contribution in [1.29, 1.82) is 0 Å². The van der Waals surface area contributed by atoms with E-state index in [1.54, 1.807) is 12.3 Å². The number of nitrogens with zero attached hydrogens (tertiary/aromatic N) is 2. The Balaban J connectivity index is 2.30. The van der Waals surface area contributed by atoms with Gasteiger partial charge < -0.3 is 24.3 Å². The highest BCUT2D eigenvalue weighted by molar-refractivity contribution is 7.32. The monoisotopic (exact) mass is 403 g/mol. The molecule has 10 heteroatoms. The topological polar surface area (TPSA) is 114 Å². The lowest BCUT2D eigenvalue weighted by molar-refractivity contribution is 0.0258. The van der Waals surface area contributed by atoms with Crippen molar-refractivity contribution < 1.29 is 23.5 Å². The minimum Gasteiger partial charge on any atom is -0.409 e. The SMILES string of the molecule is CC(C)(C)[Si](C)(C)OC1[C@H](Nc2ccncn2)C[C@H](CO)[C@H]1O[PH](=O)O. The van der Waals surface area contributed by atoms with Crippen molar-refractivity contribution in [3.8, 4) is 0 Å². The van der Waals surface area contributed by atoms with Gasteiger partial charge in [-0.1, -0.05) is 20.8 Å². The molecule has 0 saturated heterocycles. The maximum Gasteiger partial charge on any atom is 0.316 e. The van der Waals surface area contributed by atoms with Crippen LogP contribution in [0.3, 0.4) is 0 Å². The van der Waals surface area contributed by atoms with Crippen LogP contribution < -0.4 is 5.32 Å². The molecule has 1 aromatic rings. The molecule has 0 aliphatic heterocycles. The van der Waals surface area contributed by atoms with Crippen molar-refractivity contribution >= 4 is 22.4 Å². The van der Waals surface area contributed by atoms with Gasteiger partial charge in [0.05, 0.1) is 18.2 Å². The molecule has 1 heterocycles. The number of aliphatic hydroxyl groups is 1. The van der Waals surface area contributed by atoms with Crippen LogP contribution in [0.15, 0.2) is 18.6 Å². The average molecular weight is 403 g/mol. The first-order valence-corrected chi connectivity index (χ1v) is 12.9. The normalized spacial score (nSPS) is 28.1. The third-order valence-electron chi connectivity index (χ3n) is 5.37. The summed E-state index contributed by atoms with van der Waals surface area (Å²) < 4.78 is 23.3. The van der Waals surface area contributed by atoms with Gasteiger partial charge in [-0.3, -0.25) is 4.57 Å². The van der Waals surface area contributed by atoms with Crippen LogP contribution in [0.4, 0.5) is 5.82 Å². The molecular weight excluding hydrogens is 373 g/mol. The second-order valence-corrected chi connectivity index (χ2v) is 13.7. The van der Waals surface area contributed by atoms with E-state index in [1.165, 1.54) is 6.33 Å². The van der Waals surface area contributed by atoms with E-state index in [1.807, 2.05) is 0 Å². The zero-order valence-corrected chi connectivity index (χ0v) is 18.0. The van der Waals surface area contributed by atoms with E-state index in [-0.39, 0.29) is 23.6 Å². The maximum atomic E-state index is 11.4. The molecule has 2 unspecified atom stereocenters. The summed E-state index contributed by atoms with van der Waals surface area (Å²) in [4.78, 5) is 17.4. The Morgan fingerprint density at radius 1 is 1.38 bits per heavy atom. The van der Waals surface area contributed by atoms with Gasteiger partial charge in [0.25, 0.3) is 0 Å². The maximum absolute atomic E-state index is 11.4. The van der Waals surface area contributed by atoms with Crippen LogP contribution in [0.5, 0.6) is 0 Å². The summed E-state index contributed by atoms with van der Waals surface area (Å²) in [6, 6.07) is 1.56. The standard InChI is InChI=1S/C16H30N3O5PSi/c1-16(2,3)26(4,5)24-15-12(19-13-6-7-17-10-18-13)8-11(9-20)14(15)23-25(21)22/h6-7,10-12,14-15,20,25H,8-9H2,1-5H3,(H,21,22)(H,17,18,19)/t11-,12-,14-,15?/m1/s1. The van der Waals surface area contributed by atoms with Crippen molar-refractivity contribution in [3.05, 3.63) is 18.6 Å². The van der Waals surface area contributed by atoms with Crippen molar-refractivity contribution in [2.24, 2.45) is 5.92 Å². The van der Waals surface area contributed by atoms with E-state index in [2.05, 4.69) is 49.1 Å². The molecule has 0 amide bonds. The lowest BCUT2D eigenvalue weighted by Crippen LogP contribution is -2.50. The van der Waals surface area contributed by atoms with E-state index >= 15 is 0 Å². The number of rotatable bonds is 7. The Bertz CT molecular complexity index is 614. The minimum absolute atomic E-state index is 0.0290. The fraction of sp³-hybridized carbons (Fsp3) is 0.750. The Hall–Kier alpha value is -0.833. The van der Waals surface area contributed by atoms with Crippen LogP contribution in [-0.4, -0.2) is 53.1 Å². The number of aromatic nitrogens is 2. The first-order chi connectivity index (χ1) is 12.0. The molecule has 1 saturated carbocycles. The Morgan fingerprint density at radius 2 is 2.08 bits per heavy atom. The van der Waals surface area contributed by atoms with Crippen LogP contribution in [0.25, 0.3) is 0 Å². The first-order valence-electron chi connectivity index (χ1n) is 8.76. The summed E-state index contributed by atoms with van der Waals surface area (Å²) in [6.07, 6.45) is 2.54. The van der Waals surface area contributed by atoms with Crippen molar-refractivity contribution in [2.45, 2.75) is 63.6 Å². The van der Waals surface area contributed by atoms with Gasteiger partial charge in [0.15, 0.2) is 8.32 Å². The Labute approximate surface area is 156 Å². The summed E-state index contributed by atoms with van der Waals surface area (Å²) in [5.41, 5.74) is 0. The Kier molecular flexibility index (Phi) is 6.98. The van der Waals surface area contributed by atoms with E-state index in [9.17, 15) is 14.6 Å². The molecule has 5 atom stereocenters. The first kappa shape index (κ1) is 21.5. The average Bonchev–Trinajstić information content (AvgIpc) is 2.83. The van der Waals surface area contributed by atoms with Gasteiger partial charge in [-0.25, -0.2) is 9.97 Å².